The molecule has 1 fully saturated rings. The van der Waals surface area contributed by atoms with Crippen LogP contribution in [0.3, 0.4) is 0 Å². The fourth-order valence-electron chi connectivity index (χ4n) is 1.89. The molecule has 5 heteroatoms. The molecule has 2 unspecified atom stereocenters. The van der Waals surface area contributed by atoms with Gasteiger partial charge in [-0.1, -0.05) is 17.3 Å². The first kappa shape index (κ1) is 10.9. The van der Waals surface area contributed by atoms with Crippen molar-refractivity contribution in [3.05, 3.63) is 47.4 Å². The van der Waals surface area contributed by atoms with Gasteiger partial charge >= 0.3 is 0 Å². The summed E-state index contributed by atoms with van der Waals surface area (Å²) in [6.07, 6.45) is 1.31. The molecule has 1 aromatic heterocycles. The number of rotatable bonds is 3. The van der Waals surface area contributed by atoms with Gasteiger partial charge in [0.2, 0.25) is 5.89 Å². The van der Waals surface area contributed by atoms with Crippen LogP contribution in [-0.2, 0) is 6.42 Å². The molecule has 2 atom stereocenters. The summed E-state index contributed by atoms with van der Waals surface area (Å²) in [6.45, 7) is 0. The third-order valence-electron chi connectivity index (χ3n) is 3.03. The Bertz CT molecular complexity index is 599. The van der Waals surface area contributed by atoms with Crippen molar-refractivity contribution in [1.82, 2.24) is 10.1 Å². The average molecular weight is 243 g/mol. The van der Waals surface area contributed by atoms with Gasteiger partial charge in [0.1, 0.15) is 5.82 Å². The van der Waals surface area contributed by atoms with Gasteiger partial charge in [-0.25, -0.2) is 4.39 Å². The summed E-state index contributed by atoms with van der Waals surface area (Å²) in [6, 6.07) is 8.38. The Balaban J connectivity index is 1.71. The van der Waals surface area contributed by atoms with Gasteiger partial charge < -0.3 is 4.52 Å². The van der Waals surface area contributed by atoms with E-state index in [1.165, 1.54) is 12.1 Å². The molecule has 1 aromatic carbocycles. The van der Waals surface area contributed by atoms with Crippen LogP contribution in [-0.4, -0.2) is 10.1 Å². The van der Waals surface area contributed by atoms with Crippen LogP contribution >= 0.6 is 0 Å². The second kappa shape index (κ2) is 4.22. The Morgan fingerprint density at radius 1 is 1.39 bits per heavy atom. The average Bonchev–Trinajstić information content (AvgIpc) is 3.04. The molecule has 90 valence electrons. The van der Waals surface area contributed by atoms with E-state index in [2.05, 4.69) is 16.2 Å². The topological polar surface area (TPSA) is 62.7 Å². The van der Waals surface area contributed by atoms with E-state index in [1.807, 2.05) is 0 Å². The van der Waals surface area contributed by atoms with E-state index in [-0.39, 0.29) is 17.7 Å². The predicted octanol–water partition coefficient (Wildman–Crippen LogP) is 2.43. The summed E-state index contributed by atoms with van der Waals surface area (Å²) in [5, 5.41) is 12.6. The zero-order chi connectivity index (χ0) is 12.5. The van der Waals surface area contributed by atoms with Crippen LogP contribution < -0.4 is 0 Å². The Morgan fingerprint density at radius 3 is 2.83 bits per heavy atom. The number of hydrogen-bond donors (Lipinski definition) is 0. The SMILES string of the molecule is N#CC1CC1c1nc(Cc2ccc(F)cc2)no1. The Hall–Kier alpha value is -2.22. The lowest BCUT2D eigenvalue weighted by Gasteiger charge is -1.95. The fourth-order valence-corrected chi connectivity index (χ4v) is 1.89. The standard InChI is InChI=1S/C13H10FN3O/c14-10-3-1-8(2-4-10)5-12-16-13(18-17-12)11-6-9(11)7-15/h1-4,9,11H,5-6H2. The normalized spacial score (nSPS) is 21.6. The Labute approximate surface area is 103 Å². The maximum atomic E-state index is 12.7. The maximum absolute atomic E-state index is 12.7. The van der Waals surface area contributed by atoms with Crippen molar-refractivity contribution in [3.63, 3.8) is 0 Å². The van der Waals surface area contributed by atoms with E-state index >= 15 is 0 Å². The van der Waals surface area contributed by atoms with Crippen molar-refractivity contribution in [2.45, 2.75) is 18.8 Å². The van der Waals surface area contributed by atoms with Crippen molar-refractivity contribution >= 4 is 0 Å². The molecule has 2 aromatic rings. The highest BCUT2D eigenvalue weighted by Crippen LogP contribution is 2.45. The van der Waals surface area contributed by atoms with Crippen LogP contribution in [0, 0.1) is 23.1 Å². The highest BCUT2D eigenvalue weighted by Gasteiger charge is 2.43. The molecule has 1 heterocycles. The highest BCUT2D eigenvalue weighted by molar-refractivity contribution is 5.20. The molecule has 1 aliphatic carbocycles. The minimum atomic E-state index is -0.262. The molecule has 0 amide bonds. The lowest BCUT2D eigenvalue weighted by atomic mass is 10.1. The monoisotopic (exact) mass is 243 g/mol. The smallest absolute Gasteiger partial charge is 0.231 e. The van der Waals surface area contributed by atoms with Gasteiger partial charge in [0.05, 0.1) is 17.9 Å². The van der Waals surface area contributed by atoms with E-state index in [9.17, 15) is 4.39 Å². The molecule has 0 N–H and O–H groups in total. The number of halogens is 1. The third-order valence-corrected chi connectivity index (χ3v) is 3.03. The summed E-state index contributed by atoms with van der Waals surface area (Å²) in [7, 11) is 0. The molecular weight excluding hydrogens is 233 g/mol. The first-order chi connectivity index (χ1) is 8.76. The van der Waals surface area contributed by atoms with Crippen molar-refractivity contribution in [3.8, 4) is 6.07 Å². The van der Waals surface area contributed by atoms with Crippen LogP contribution in [0.5, 0.6) is 0 Å². The zero-order valence-electron chi connectivity index (χ0n) is 9.51. The van der Waals surface area contributed by atoms with Crippen LogP contribution in [0.4, 0.5) is 4.39 Å². The van der Waals surface area contributed by atoms with Gasteiger partial charge in [0.15, 0.2) is 5.82 Å². The largest absolute Gasteiger partial charge is 0.339 e. The van der Waals surface area contributed by atoms with Gasteiger partial charge in [-0.15, -0.1) is 0 Å². The second-order valence-electron chi connectivity index (χ2n) is 4.43. The van der Waals surface area contributed by atoms with E-state index in [1.54, 1.807) is 12.1 Å². The molecular formula is C13H10FN3O. The summed E-state index contributed by atoms with van der Waals surface area (Å²) >= 11 is 0. The van der Waals surface area contributed by atoms with Crippen LogP contribution in [0.1, 0.15) is 29.6 Å². The quantitative estimate of drug-likeness (QED) is 0.830. The third kappa shape index (κ3) is 2.09. The summed E-state index contributed by atoms with van der Waals surface area (Å²) < 4.78 is 17.9. The molecule has 0 saturated heterocycles. The van der Waals surface area contributed by atoms with E-state index in [4.69, 9.17) is 9.78 Å². The molecule has 1 saturated carbocycles. The maximum Gasteiger partial charge on any atom is 0.231 e. The van der Waals surface area contributed by atoms with Gasteiger partial charge in [0.25, 0.3) is 0 Å². The number of aromatic nitrogens is 2. The van der Waals surface area contributed by atoms with Gasteiger partial charge in [-0.2, -0.15) is 10.2 Å². The van der Waals surface area contributed by atoms with Crippen LogP contribution in [0.15, 0.2) is 28.8 Å². The van der Waals surface area contributed by atoms with E-state index < -0.39 is 0 Å². The predicted molar refractivity (Wildman–Crippen MR) is 60.0 cm³/mol. The minimum Gasteiger partial charge on any atom is -0.339 e. The number of nitrogens with zero attached hydrogens (tertiary/aromatic N) is 3. The van der Waals surface area contributed by atoms with Crippen molar-refractivity contribution in [2.75, 3.05) is 0 Å². The Morgan fingerprint density at radius 2 is 2.17 bits per heavy atom. The van der Waals surface area contributed by atoms with Gasteiger partial charge in [0, 0.05) is 6.42 Å². The summed E-state index contributed by atoms with van der Waals surface area (Å²) in [5.74, 6) is 0.967. The number of hydrogen-bond acceptors (Lipinski definition) is 4. The van der Waals surface area contributed by atoms with Crippen molar-refractivity contribution in [2.24, 2.45) is 5.92 Å². The number of benzene rings is 1. The molecule has 0 radical (unpaired) electrons. The molecule has 3 rings (SSSR count). The lowest BCUT2D eigenvalue weighted by molar-refractivity contribution is 0.373. The first-order valence-corrected chi connectivity index (χ1v) is 5.73. The second-order valence-corrected chi connectivity index (χ2v) is 4.43. The van der Waals surface area contributed by atoms with Crippen LogP contribution in [0.2, 0.25) is 0 Å². The van der Waals surface area contributed by atoms with Crippen molar-refractivity contribution in [1.29, 1.82) is 5.26 Å². The molecule has 0 aliphatic heterocycles. The molecule has 4 nitrogen and oxygen atoms in total. The zero-order valence-corrected chi connectivity index (χ0v) is 9.51. The molecule has 0 bridgehead atoms. The van der Waals surface area contributed by atoms with Gasteiger partial charge in [-0.3, -0.25) is 0 Å². The van der Waals surface area contributed by atoms with E-state index in [0.29, 0.717) is 18.1 Å². The fraction of sp³-hybridized carbons (Fsp3) is 0.308. The Kier molecular flexibility index (Phi) is 2.56. The van der Waals surface area contributed by atoms with Crippen LogP contribution in [0.25, 0.3) is 0 Å². The molecule has 18 heavy (non-hydrogen) atoms. The molecule has 1 aliphatic rings. The van der Waals surface area contributed by atoms with Crippen molar-refractivity contribution < 1.29 is 8.91 Å². The summed E-state index contributed by atoms with van der Waals surface area (Å²) in [4.78, 5) is 4.27. The minimum absolute atomic E-state index is 0.0177. The highest BCUT2D eigenvalue weighted by atomic mass is 19.1. The van der Waals surface area contributed by atoms with Gasteiger partial charge in [-0.05, 0) is 24.1 Å². The molecule has 0 spiro atoms. The number of nitriles is 1. The first-order valence-electron chi connectivity index (χ1n) is 5.73. The summed E-state index contributed by atoms with van der Waals surface area (Å²) in [5.41, 5.74) is 0.927. The van der Waals surface area contributed by atoms with E-state index in [0.717, 1.165) is 12.0 Å². The lowest BCUT2D eigenvalue weighted by Crippen LogP contribution is -1.91.